The SMILES string of the molecule is NCC(=O)c1cnn2ccncc12. The average Bonchev–Trinajstić information content (AvgIpc) is 2.60. The fourth-order valence-corrected chi connectivity index (χ4v) is 1.16. The zero-order valence-corrected chi connectivity index (χ0v) is 6.84. The summed E-state index contributed by atoms with van der Waals surface area (Å²) in [4.78, 5) is 15.2. The molecule has 0 saturated carbocycles. The highest BCUT2D eigenvalue weighted by molar-refractivity contribution is 6.03. The van der Waals surface area contributed by atoms with Crippen LogP contribution in [-0.2, 0) is 0 Å². The number of rotatable bonds is 2. The fourth-order valence-electron chi connectivity index (χ4n) is 1.16. The molecule has 0 bridgehead atoms. The largest absolute Gasteiger partial charge is 0.324 e. The van der Waals surface area contributed by atoms with Gasteiger partial charge in [-0.1, -0.05) is 0 Å². The molecule has 0 aliphatic carbocycles. The van der Waals surface area contributed by atoms with Gasteiger partial charge in [0.2, 0.25) is 0 Å². The predicted molar refractivity (Wildman–Crippen MR) is 46.4 cm³/mol. The van der Waals surface area contributed by atoms with Gasteiger partial charge < -0.3 is 5.73 Å². The van der Waals surface area contributed by atoms with E-state index < -0.39 is 0 Å². The van der Waals surface area contributed by atoms with Crippen molar-refractivity contribution in [1.29, 1.82) is 0 Å². The first kappa shape index (κ1) is 7.88. The molecule has 0 amide bonds. The summed E-state index contributed by atoms with van der Waals surface area (Å²) in [5, 5.41) is 3.99. The molecule has 2 aromatic heterocycles. The van der Waals surface area contributed by atoms with Gasteiger partial charge in [0.25, 0.3) is 0 Å². The van der Waals surface area contributed by atoms with Crippen molar-refractivity contribution in [2.24, 2.45) is 5.73 Å². The van der Waals surface area contributed by atoms with Crippen LogP contribution in [0.15, 0.2) is 24.8 Å². The maximum absolute atomic E-state index is 11.3. The summed E-state index contributed by atoms with van der Waals surface area (Å²) in [6.45, 7) is -0.00372. The van der Waals surface area contributed by atoms with E-state index in [0.717, 1.165) is 0 Å². The first-order chi connectivity index (χ1) is 6.33. The minimum Gasteiger partial charge on any atom is -0.324 e. The molecule has 0 saturated heterocycles. The smallest absolute Gasteiger partial charge is 0.180 e. The van der Waals surface area contributed by atoms with E-state index >= 15 is 0 Å². The average molecular weight is 176 g/mol. The quantitative estimate of drug-likeness (QED) is 0.647. The molecule has 0 spiro atoms. The molecule has 2 rings (SSSR count). The van der Waals surface area contributed by atoms with Gasteiger partial charge in [-0.05, 0) is 0 Å². The second-order valence-electron chi connectivity index (χ2n) is 2.59. The maximum atomic E-state index is 11.3. The molecule has 0 fully saturated rings. The molecule has 0 aliphatic heterocycles. The number of carbonyl (C=O) groups is 1. The number of aromatic nitrogens is 3. The van der Waals surface area contributed by atoms with E-state index in [0.29, 0.717) is 11.1 Å². The molecule has 2 N–H and O–H groups in total. The van der Waals surface area contributed by atoms with E-state index in [1.807, 2.05) is 0 Å². The van der Waals surface area contributed by atoms with Crippen LogP contribution in [0.4, 0.5) is 0 Å². The summed E-state index contributed by atoms with van der Waals surface area (Å²) in [7, 11) is 0. The molecular formula is C8H8N4O. The second kappa shape index (κ2) is 2.95. The molecule has 0 radical (unpaired) electrons. The van der Waals surface area contributed by atoms with Crippen molar-refractivity contribution >= 4 is 11.3 Å². The van der Waals surface area contributed by atoms with Crippen molar-refractivity contribution < 1.29 is 4.79 Å². The van der Waals surface area contributed by atoms with Gasteiger partial charge in [0.1, 0.15) is 0 Å². The minimum atomic E-state index is -0.122. The van der Waals surface area contributed by atoms with Crippen molar-refractivity contribution in [2.75, 3.05) is 6.54 Å². The van der Waals surface area contributed by atoms with Crippen molar-refractivity contribution in [1.82, 2.24) is 14.6 Å². The lowest BCUT2D eigenvalue weighted by molar-refractivity contribution is 0.100. The van der Waals surface area contributed by atoms with Gasteiger partial charge in [-0.25, -0.2) is 4.52 Å². The Morgan fingerprint density at radius 2 is 2.38 bits per heavy atom. The summed E-state index contributed by atoms with van der Waals surface area (Å²) in [6, 6.07) is 0. The van der Waals surface area contributed by atoms with Gasteiger partial charge in [-0.3, -0.25) is 9.78 Å². The minimum absolute atomic E-state index is 0.00372. The van der Waals surface area contributed by atoms with Gasteiger partial charge in [-0.15, -0.1) is 0 Å². The number of ketones is 1. The third-order valence-electron chi connectivity index (χ3n) is 1.81. The molecule has 0 atom stereocenters. The standard InChI is InChI=1S/C8H8N4O/c9-3-8(13)6-4-11-12-2-1-10-5-7(6)12/h1-2,4-5H,3,9H2. The Morgan fingerprint density at radius 3 is 3.15 bits per heavy atom. The van der Waals surface area contributed by atoms with Crippen LogP contribution in [0.2, 0.25) is 0 Å². The maximum Gasteiger partial charge on any atom is 0.180 e. The first-order valence-electron chi connectivity index (χ1n) is 3.83. The van der Waals surface area contributed by atoms with Crippen LogP contribution in [0.25, 0.3) is 5.52 Å². The Bertz CT molecular complexity index is 448. The number of hydrogen-bond acceptors (Lipinski definition) is 4. The highest BCUT2D eigenvalue weighted by atomic mass is 16.1. The van der Waals surface area contributed by atoms with E-state index in [1.165, 1.54) is 6.20 Å². The molecule has 0 aromatic carbocycles. The lowest BCUT2D eigenvalue weighted by Gasteiger charge is -1.93. The van der Waals surface area contributed by atoms with Crippen LogP contribution >= 0.6 is 0 Å². The molecule has 0 unspecified atom stereocenters. The number of fused-ring (bicyclic) bond motifs is 1. The summed E-state index contributed by atoms with van der Waals surface area (Å²) in [5.41, 5.74) is 6.46. The predicted octanol–water partition coefficient (Wildman–Crippen LogP) is -0.129. The summed E-state index contributed by atoms with van der Waals surface area (Å²) in [5.74, 6) is -0.122. The monoisotopic (exact) mass is 176 g/mol. The number of nitrogens with zero attached hydrogens (tertiary/aromatic N) is 3. The summed E-state index contributed by atoms with van der Waals surface area (Å²) >= 11 is 0. The van der Waals surface area contributed by atoms with Crippen LogP contribution in [-0.4, -0.2) is 26.9 Å². The van der Waals surface area contributed by atoms with Crippen molar-refractivity contribution in [3.8, 4) is 0 Å². The van der Waals surface area contributed by atoms with Crippen LogP contribution in [0, 0.1) is 0 Å². The number of carbonyl (C=O) groups excluding carboxylic acids is 1. The number of Topliss-reactive ketones (excluding diaryl/α,β-unsaturated/α-hetero) is 1. The van der Waals surface area contributed by atoms with E-state index in [-0.39, 0.29) is 12.3 Å². The topological polar surface area (TPSA) is 73.3 Å². The van der Waals surface area contributed by atoms with Crippen molar-refractivity contribution in [3.63, 3.8) is 0 Å². The lowest BCUT2D eigenvalue weighted by Crippen LogP contribution is -2.13. The Balaban J connectivity index is 2.64. The lowest BCUT2D eigenvalue weighted by atomic mass is 10.2. The van der Waals surface area contributed by atoms with Gasteiger partial charge in [-0.2, -0.15) is 5.10 Å². The number of nitrogens with two attached hydrogens (primary N) is 1. The zero-order chi connectivity index (χ0) is 9.26. The fraction of sp³-hybridized carbons (Fsp3) is 0.125. The second-order valence-corrected chi connectivity index (χ2v) is 2.59. The first-order valence-corrected chi connectivity index (χ1v) is 3.83. The number of hydrogen-bond donors (Lipinski definition) is 1. The summed E-state index contributed by atoms with van der Waals surface area (Å²) in [6.07, 6.45) is 6.39. The van der Waals surface area contributed by atoms with E-state index in [2.05, 4.69) is 10.1 Å². The van der Waals surface area contributed by atoms with E-state index in [9.17, 15) is 4.79 Å². The normalized spacial score (nSPS) is 10.5. The van der Waals surface area contributed by atoms with E-state index in [1.54, 1.807) is 23.1 Å². The van der Waals surface area contributed by atoms with Crippen LogP contribution in [0.3, 0.4) is 0 Å². The third-order valence-corrected chi connectivity index (χ3v) is 1.81. The highest BCUT2D eigenvalue weighted by Gasteiger charge is 2.09. The third kappa shape index (κ3) is 1.19. The molecule has 2 aromatic rings. The van der Waals surface area contributed by atoms with Gasteiger partial charge in [0, 0.05) is 12.4 Å². The Kier molecular flexibility index (Phi) is 1.79. The molecule has 5 nitrogen and oxygen atoms in total. The Labute approximate surface area is 74.2 Å². The molecule has 0 aliphatic rings. The molecular weight excluding hydrogens is 168 g/mol. The Morgan fingerprint density at radius 1 is 1.54 bits per heavy atom. The van der Waals surface area contributed by atoms with Gasteiger partial charge >= 0.3 is 0 Å². The van der Waals surface area contributed by atoms with Crippen molar-refractivity contribution in [2.45, 2.75) is 0 Å². The van der Waals surface area contributed by atoms with Crippen LogP contribution in [0.1, 0.15) is 10.4 Å². The zero-order valence-electron chi connectivity index (χ0n) is 6.84. The van der Waals surface area contributed by atoms with E-state index in [4.69, 9.17) is 5.73 Å². The van der Waals surface area contributed by atoms with Crippen LogP contribution in [0.5, 0.6) is 0 Å². The van der Waals surface area contributed by atoms with Crippen LogP contribution < -0.4 is 5.73 Å². The van der Waals surface area contributed by atoms with Crippen molar-refractivity contribution in [3.05, 3.63) is 30.4 Å². The molecule has 5 heteroatoms. The highest BCUT2D eigenvalue weighted by Crippen LogP contribution is 2.08. The van der Waals surface area contributed by atoms with Gasteiger partial charge in [0.15, 0.2) is 5.78 Å². The van der Waals surface area contributed by atoms with Gasteiger partial charge in [0.05, 0.1) is 30.0 Å². The molecule has 66 valence electrons. The summed E-state index contributed by atoms with van der Waals surface area (Å²) < 4.78 is 1.59. The Hall–Kier alpha value is -1.75. The molecule has 2 heterocycles. The molecule has 13 heavy (non-hydrogen) atoms.